The van der Waals surface area contributed by atoms with E-state index < -0.39 is 0 Å². The molecule has 0 aromatic rings. The number of nitrogens with one attached hydrogen (secondary N) is 1. The summed E-state index contributed by atoms with van der Waals surface area (Å²) < 4.78 is 6.04. The molecule has 1 spiro atoms. The minimum absolute atomic E-state index is 0.0251. The van der Waals surface area contributed by atoms with Gasteiger partial charge in [-0.25, -0.2) is 0 Å². The zero-order valence-electron chi connectivity index (χ0n) is 11.2. The van der Waals surface area contributed by atoms with E-state index in [4.69, 9.17) is 4.74 Å². The minimum Gasteiger partial charge on any atom is -0.360 e. The van der Waals surface area contributed by atoms with Crippen LogP contribution >= 0.6 is 0 Å². The van der Waals surface area contributed by atoms with E-state index in [9.17, 15) is 0 Å². The Kier molecular flexibility index (Phi) is 3.30. The highest BCUT2D eigenvalue weighted by Gasteiger charge is 2.41. The molecule has 0 saturated carbocycles. The molecule has 1 atom stereocenters. The molecule has 0 aromatic heterocycles. The molecular formula is C13H26N2O. The quantitative estimate of drug-likeness (QED) is 0.682. The Balaban J connectivity index is 2.01. The van der Waals surface area contributed by atoms with E-state index in [1.54, 1.807) is 0 Å². The SMILES string of the molecule is CN1CCC2(CC1)NC(C(C)(C)C)CCO2. The summed E-state index contributed by atoms with van der Waals surface area (Å²) in [5, 5.41) is 3.78. The van der Waals surface area contributed by atoms with Crippen LogP contribution in [-0.2, 0) is 4.74 Å². The summed E-state index contributed by atoms with van der Waals surface area (Å²) in [6.07, 6.45) is 3.38. The maximum Gasteiger partial charge on any atom is 0.121 e. The molecule has 1 unspecified atom stereocenters. The van der Waals surface area contributed by atoms with E-state index in [2.05, 4.69) is 38.0 Å². The van der Waals surface area contributed by atoms with E-state index in [1.165, 1.54) is 0 Å². The molecule has 0 bridgehead atoms. The minimum atomic E-state index is -0.0251. The van der Waals surface area contributed by atoms with Gasteiger partial charge < -0.3 is 9.64 Å². The first-order valence-electron chi connectivity index (χ1n) is 6.52. The molecule has 2 fully saturated rings. The summed E-state index contributed by atoms with van der Waals surface area (Å²) in [6.45, 7) is 10.2. The summed E-state index contributed by atoms with van der Waals surface area (Å²) in [4.78, 5) is 2.39. The number of hydrogen-bond acceptors (Lipinski definition) is 3. The fraction of sp³-hybridized carbons (Fsp3) is 1.00. The average Bonchev–Trinajstić information content (AvgIpc) is 2.22. The number of likely N-dealkylation sites (tertiary alicyclic amines) is 1. The van der Waals surface area contributed by atoms with Crippen LogP contribution in [0.2, 0.25) is 0 Å². The molecule has 3 heteroatoms. The monoisotopic (exact) mass is 226 g/mol. The molecule has 0 amide bonds. The molecule has 16 heavy (non-hydrogen) atoms. The van der Waals surface area contributed by atoms with E-state index in [0.717, 1.165) is 39.0 Å². The van der Waals surface area contributed by atoms with Crippen molar-refractivity contribution in [3.8, 4) is 0 Å². The first kappa shape index (κ1) is 12.3. The van der Waals surface area contributed by atoms with Crippen molar-refractivity contribution in [1.29, 1.82) is 0 Å². The molecule has 3 nitrogen and oxygen atoms in total. The zero-order valence-corrected chi connectivity index (χ0v) is 11.2. The number of rotatable bonds is 0. The van der Waals surface area contributed by atoms with Crippen LogP contribution in [0.3, 0.4) is 0 Å². The van der Waals surface area contributed by atoms with Crippen LogP contribution in [0, 0.1) is 5.41 Å². The summed E-state index contributed by atoms with van der Waals surface area (Å²) in [5.41, 5.74) is 0.308. The standard InChI is InChI=1S/C13H26N2O/c1-12(2,3)11-5-10-16-13(14-11)6-8-15(4)9-7-13/h11,14H,5-10H2,1-4H3. The molecule has 0 aromatic carbocycles. The number of hydrogen-bond donors (Lipinski definition) is 1. The van der Waals surface area contributed by atoms with Gasteiger partial charge in [-0.05, 0) is 18.9 Å². The van der Waals surface area contributed by atoms with E-state index in [0.29, 0.717) is 11.5 Å². The summed E-state index contributed by atoms with van der Waals surface area (Å²) in [5.74, 6) is 0. The van der Waals surface area contributed by atoms with Crippen LogP contribution in [0.25, 0.3) is 0 Å². The lowest BCUT2D eigenvalue weighted by Gasteiger charge is -2.49. The van der Waals surface area contributed by atoms with Crippen LogP contribution in [0.4, 0.5) is 0 Å². The third-order valence-electron chi connectivity index (χ3n) is 4.06. The first-order valence-corrected chi connectivity index (χ1v) is 6.52. The molecule has 94 valence electrons. The topological polar surface area (TPSA) is 24.5 Å². The molecule has 0 radical (unpaired) electrons. The van der Waals surface area contributed by atoms with Crippen LogP contribution in [0.15, 0.2) is 0 Å². The van der Waals surface area contributed by atoms with Gasteiger partial charge in [0.05, 0.1) is 6.61 Å². The van der Waals surface area contributed by atoms with Crippen molar-refractivity contribution in [2.24, 2.45) is 5.41 Å². The van der Waals surface area contributed by atoms with Crippen molar-refractivity contribution < 1.29 is 4.74 Å². The lowest BCUT2D eigenvalue weighted by molar-refractivity contribution is -0.148. The Morgan fingerprint density at radius 3 is 2.44 bits per heavy atom. The van der Waals surface area contributed by atoms with Crippen molar-refractivity contribution in [3.05, 3.63) is 0 Å². The van der Waals surface area contributed by atoms with Crippen LogP contribution in [0.5, 0.6) is 0 Å². The fourth-order valence-corrected chi connectivity index (χ4v) is 2.72. The number of nitrogens with zero attached hydrogens (tertiary/aromatic N) is 1. The molecule has 1 N–H and O–H groups in total. The zero-order chi connectivity index (χ0) is 11.8. The fourth-order valence-electron chi connectivity index (χ4n) is 2.72. The lowest BCUT2D eigenvalue weighted by Crippen LogP contribution is -2.63. The predicted octanol–water partition coefficient (Wildman–Crippen LogP) is 1.83. The molecule has 0 aliphatic carbocycles. The largest absolute Gasteiger partial charge is 0.360 e. The van der Waals surface area contributed by atoms with Crippen molar-refractivity contribution in [2.75, 3.05) is 26.7 Å². The van der Waals surface area contributed by atoms with Crippen molar-refractivity contribution >= 4 is 0 Å². The van der Waals surface area contributed by atoms with E-state index in [1.807, 2.05) is 0 Å². The molecule has 2 aliphatic rings. The van der Waals surface area contributed by atoms with Gasteiger partial charge in [0, 0.05) is 32.0 Å². The van der Waals surface area contributed by atoms with Gasteiger partial charge in [-0.15, -0.1) is 0 Å². The number of ether oxygens (including phenoxy) is 1. The number of piperidine rings is 1. The van der Waals surface area contributed by atoms with Gasteiger partial charge in [-0.2, -0.15) is 0 Å². The predicted molar refractivity (Wildman–Crippen MR) is 66.4 cm³/mol. The molecule has 2 saturated heterocycles. The summed E-state index contributed by atoms with van der Waals surface area (Å²) >= 11 is 0. The Bertz CT molecular complexity index is 239. The second-order valence-corrected chi connectivity index (χ2v) is 6.50. The summed E-state index contributed by atoms with van der Waals surface area (Å²) in [7, 11) is 2.19. The third-order valence-corrected chi connectivity index (χ3v) is 4.06. The highest BCUT2D eigenvalue weighted by molar-refractivity contribution is 4.94. The van der Waals surface area contributed by atoms with Gasteiger partial charge in [0.15, 0.2) is 0 Å². The summed E-state index contributed by atoms with van der Waals surface area (Å²) in [6, 6.07) is 0.588. The first-order chi connectivity index (χ1) is 7.41. The third kappa shape index (κ3) is 2.58. The highest BCUT2D eigenvalue weighted by atomic mass is 16.5. The molecular weight excluding hydrogens is 200 g/mol. The van der Waals surface area contributed by atoms with Gasteiger partial charge in [0.25, 0.3) is 0 Å². The second-order valence-electron chi connectivity index (χ2n) is 6.50. The van der Waals surface area contributed by atoms with Crippen molar-refractivity contribution in [3.63, 3.8) is 0 Å². The Labute approximate surface area is 99.5 Å². The lowest BCUT2D eigenvalue weighted by atomic mass is 9.82. The normalized spacial score (nSPS) is 31.9. The molecule has 2 aliphatic heterocycles. The smallest absolute Gasteiger partial charge is 0.121 e. The van der Waals surface area contributed by atoms with Gasteiger partial charge >= 0.3 is 0 Å². The van der Waals surface area contributed by atoms with Crippen LogP contribution < -0.4 is 5.32 Å². The Morgan fingerprint density at radius 2 is 1.88 bits per heavy atom. The Hall–Kier alpha value is -0.120. The van der Waals surface area contributed by atoms with Gasteiger partial charge in [-0.1, -0.05) is 20.8 Å². The molecule has 2 heterocycles. The average molecular weight is 226 g/mol. The van der Waals surface area contributed by atoms with Gasteiger partial charge in [-0.3, -0.25) is 5.32 Å². The van der Waals surface area contributed by atoms with Crippen molar-refractivity contribution in [1.82, 2.24) is 10.2 Å². The maximum atomic E-state index is 6.04. The second kappa shape index (κ2) is 4.28. The van der Waals surface area contributed by atoms with Crippen molar-refractivity contribution in [2.45, 2.75) is 51.8 Å². The van der Waals surface area contributed by atoms with E-state index >= 15 is 0 Å². The van der Waals surface area contributed by atoms with Gasteiger partial charge in [0.2, 0.25) is 0 Å². The van der Waals surface area contributed by atoms with Gasteiger partial charge in [0.1, 0.15) is 5.72 Å². The van der Waals surface area contributed by atoms with E-state index in [-0.39, 0.29) is 5.72 Å². The van der Waals surface area contributed by atoms with Crippen LogP contribution in [-0.4, -0.2) is 43.4 Å². The highest BCUT2D eigenvalue weighted by Crippen LogP contribution is 2.33. The molecule has 2 rings (SSSR count). The Morgan fingerprint density at radius 1 is 1.25 bits per heavy atom. The van der Waals surface area contributed by atoms with Crippen LogP contribution in [0.1, 0.15) is 40.0 Å². The maximum absolute atomic E-state index is 6.04.